The third-order valence-electron chi connectivity index (χ3n) is 0.658. The molecule has 0 aliphatic carbocycles. The zero-order chi connectivity index (χ0) is 9.99. The van der Waals surface area contributed by atoms with Crippen LogP contribution < -0.4 is 5.84 Å². The van der Waals surface area contributed by atoms with Crippen LogP contribution in [0, 0.1) is 0 Å². The summed E-state index contributed by atoms with van der Waals surface area (Å²) >= 11 is 0. The van der Waals surface area contributed by atoms with Crippen molar-refractivity contribution in [3.63, 3.8) is 0 Å². The molecule has 0 fully saturated rings. The van der Waals surface area contributed by atoms with Gasteiger partial charge >= 0.3 is 0 Å². The highest BCUT2D eigenvalue weighted by Gasteiger charge is 2.15. The minimum Gasteiger partial charge on any atom is -0.285 e. The van der Waals surface area contributed by atoms with Crippen molar-refractivity contribution < 1.29 is 25.9 Å². The molecule has 4 N–H and O–H groups in total. The van der Waals surface area contributed by atoms with E-state index in [1.165, 1.54) is 0 Å². The molecule has 0 spiro atoms. The fourth-order valence-electron chi connectivity index (χ4n) is 0.456. The van der Waals surface area contributed by atoms with Gasteiger partial charge in [0.15, 0.2) is 0 Å². The first-order chi connectivity index (χ1) is 5.10. The molecule has 0 saturated heterocycles. The summed E-state index contributed by atoms with van der Waals surface area (Å²) in [6, 6.07) is 0. The molecule has 0 aromatic carbocycles. The van der Waals surface area contributed by atoms with Gasteiger partial charge in [-0.25, -0.2) is 5.01 Å². The van der Waals surface area contributed by atoms with Gasteiger partial charge in [0.1, 0.15) is 11.8 Å². The Hall–Kier alpha value is -0.260. The zero-order valence-corrected chi connectivity index (χ0v) is 7.42. The molecule has 0 amide bonds. The third kappa shape index (κ3) is 7.84. The minimum atomic E-state index is -4.37. The lowest BCUT2D eigenvalue weighted by molar-refractivity contribution is 0.341. The standard InChI is InChI=1S/C2H8N2O6S2/c3-4(1-11(5,6)7)2-12(8,9)10/h1-3H2,(H,5,6,7)(H,8,9,10). The minimum absolute atomic E-state index is 0.241. The molecule has 0 unspecified atom stereocenters. The van der Waals surface area contributed by atoms with Crippen LogP contribution in [0.25, 0.3) is 0 Å². The predicted octanol–water partition coefficient (Wildman–Crippen LogP) is -2.15. The smallest absolute Gasteiger partial charge is 0.279 e. The van der Waals surface area contributed by atoms with Crippen molar-refractivity contribution in [2.75, 3.05) is 11.8 Å². The second-order valence-electron chi connectivity index (χ2n) is 2.01. The van der Waals surface area contributed by atoms with Crippen LogP contribution in [0.3, 0.4) is 0 Å². The van der Waals surface area contributed by atoms with Crippen molar-refractivity contribution in [2.45, 2.75) is 0 Å². The van der Waals surface area contributed by atoms with Crippen molar-refractivity contribution in [2.24, 2.45) is 5.84 Å². The maximum absolute atomic E-state index is 10.1. The van der Waals surface area contributed by atoms with E-state index >= 15 is 0 Å². The van der Waals surface area contributed by atoms with Crippen LogP contribution in [0.4, 0.5) is 0 Å². The molecule has 0 aromatic rings. The predicted molar refractivity (Wildman–Crippen MR) is 38.9 cm³/mol. The van der Waals surface area contributed by atoms with Crippen LogP contribution in [0.2, 0.25) is 0 Å². The first-order valence-corrected chi connectivity index (χ1v) is 5.72. The normalized spacial score (nSPS) is 13.7. The molecule has 0 radical (unpaired) electrons. The Balaban J connectivity index is 4.19. The lowest BCUT2D eigenvalue weighted by atomic mass is 11.2. The van der Waals surface area contributed by atoms with Gasteiger partial charge in [-0.1, -0.05) is 0 Å². The quantitative estimate of drug-likeness (QED) is 0.277. The summed E-state index contributed by atoms with van der Waals surface area (Å²) in [6.07, 6.45) is 0. The van der Waals surface area contributed by atoms with Crippen molar-refractivity contribution in [3.05, 3.63) is 0 Å². The Bertz CT molecular complexity index is 295. The molecular formula is C2H8N2O6S2. The lowest BCUT2D eigenvalue weighted by Gasteiger charge is -2.10. The van der Waals surface area contributed by atoms with E-state index in [0.29, 0.717) is 0 Å². The van der Waals surface area contributed by atoms with Gasteiger partial charge in [-0.05, 0) is 0 Å². The Morgan fingerprint density at radius 2 is 1.25 bits per heavy atom. The molecule has 10 heteroatoms. The van der Waals surface area contributed by atoms with Gasteiger partial charge in [-0.15, -0.1) is 0 Å². The summed E-state index contributed by atoms with van der Waals surface area (Å²) in [6.45, 7) is 0. The van der Waals surface area contributed by atoms with E-state index in [1.54, 1.807) is 0 Å². The van der Waals surface area contributed by atoms with E-state index in [1.807, 2.05) is 0 Å². The average molecular weight is 220 g/mol. The fraction of sp³-hybridized carbons (Fsp3) is 1.00. The second-order valence-corrected chi connectivity index (χ2v) is 4.85. The van der Waals surface area contributed by atoms with Crippen LogP contribution >= 0.6 is 0 Å². The summed E-state index contributed by atoms with van der Waals surface area (Å²) < 4.78 is 56.7. The average Bonchev–Trinajstić information content (AvgIpc) is 1.49. The molecule has 0 aliphatic heterocycles. The topological polar surface area (TPSA) is 138 Å². The van der Waals surface area contributed by atoms with E-state index in [0.717, 1.165) is 0 Å². The SMILES string of the molecule is NN(CS(=O)(=O)O)CS(=O)(=O)O. The molecule has 74 valence electrons. The van der Waals surface area contributed by atoms with E-state index in [-0.39, 0.29) is 5.01 Å². The van der Waals surface area contributed by atoms with Crippen molar-refractivity contribution in [1.29, 1.82) is 0 Å². The summed E-state index contributed by atoms with van der Waals surface area (Å²) in [7, 11) is -8.74. The summed E-state index contributed by atoms with van der Waals surface area (Å²) in [5.74, 6) is 2.68. The molecule has 0 saturated carbocycles. The summed E-state index contributed by atoms with van der Waals surface area (Å²) in [5, 5.41) is 0.241. The number of nitrogens with two attached hydrogens (primary N) is 1. The fourth-order valence-corrected chi connectivity index (χ4v) is 1.59. The Morgan fingerprint density at radius 1 is 1.00 bits per heavy atom. The van der Waals surface area contributed by atoms with Crippen molar-refractivity contribution in [1.82, 2.24) is 5.01 Å². The van der Waals surface area contributed by atoms with E-state index in [9.17, 15) is 16.8 Å². The molecular weight excluding hydrogens is 212 g/mol. The van der Waals surface area contributed by atoms with Crippen molar-refractivity contribution >= 4 is 20.2 Å². The van der Waals surface area contributed by atoms with Gasteiger partial charge < -0.3 is 0 Å². The molecule has 0 heterocycles. The van der Waals surface area contributed by atoms with Crippen LogP contribution in [-0.4, -0.2) is 42.7 Å². The number of hydrazine groups is 1. The largest absolute Gasteiger partial charge is 0.285 e. The van der Waals surface area contributed by atoms with E-state index in [2.05, 4.69) is 0 Å². The molecule has 0 atom stereocenters. The third-order valence-corrected chi connectivity index (χ3v) is 1.97. The maximum Gasteiger partial charge on any atom is 0.279 e. The maximum atomic E-state index is 10.1. The highest BCUT2D eigenvalue weighted by atomic mass is 32.2. The lowest BCUT2D eigenvalue weighted by Crippen LogP contribution is -2.39. The van der Waals surface area contributed by atoms with Gasteiger partial charge in [0.2, 0.25) is 0 Å². The molecule has 0 bridgehead atoms. The number of hydrogen-bond donors (Lipinski definition) is 3. The highest BCUT2D eigenvalue weighted by Crippen LogP contribution is 1.89. The van der Waals surface area contributed by atoms with Gasteiger partial charge in [-0.2, -0.15) is 16.8 Å². The number of rotatable bonds is 4. The molecule has 0 aliphatic rings. The van der Waals surface area contributed by atoms with Crippen LogP contribution in [0.1, 0.15) is 0 Å². The molecule has 0 rings (SSSR count). The van der Waals surface area contributed by atoms with Gasteiger partial charge in [0.05, 0.1) is 0 Å². The molecule has 0 aromatic heterocycles. The first kappa shape index (κ1) is 11.7. The second kappa shape index (κ2) is 3.64. The Morgan fingerprint density at radius 3 is 1.42 bits per heavy atom. The first-order valence-electron chi connectivity index (χ1n) is 2.50. The Labute approximate surface area is 69.4 Å². The van der Waals surface area contributed by atoms with Crippen molar-refractivity contribution in [3.8, 4) is 0 Å². The van der Waals surface area contributed by atoms with Gasteiger partial charge in [-0.3, -0.25) is 14.9 Å². The highest BCUT2D eigenvalue weighted by molar-refractivity contribution is 7.86. The van der Waals surface area contributed by atoms with Gasteiger partial charge in [0.25, 0.3) is 20.2 Å². The van der Waals surface area contributed by atoms with E-state index < -0.39 is 32.0 Å². The van der Waals surface area contributed by atoms with Gasteiger partial charge in [0, 0.05) is 0 Å². The molecule has 12 heavy (non-hydrogen) atoms. The van der Waals surface area contributed by atoms with Crippen LogP contribution in [0.5, 0.6) is 0 Å². The van der Waals surface area contributed by atoms with Crippen LogP contribution in [0.15, 0.2) is 0 Å². The number of nitrogens with zero attached hydrogens (tertiary/aromatic N) is 1. The van der Waals surface area contributed by atoms with Crippen LogP contribution in [-0.2, 0) is 20.2 Å². The summed E-state index contributed by atoms with van der Waals surface area (Å²) in [4.78, 5) is 0. The Kier molecular flexibility index (Phi) is 3.56. The van der Waals surface area contributed by atoms with E-state index in [4.69, 9.17) is 14.9 Å². The number of hydrogen-bond acceptors (Lipinski definition) is 6. The monoisotopic (exact) mass is 220 g/mol. The summed E-state index contributed by atoms with van der Waals surface area (Å²) in [5.41, 5.74) is 0. The molecule has 8 nitrogen and oxygen atoms in total. The zero-order valence-electron chi connectivity index (χ0n) is 5.78.